The number of amides is 1. The molecule has 0 N–H and O–H groups in total. The van der Waals surface area contributed by atoms with Gasteiger partial charge in [-0.15, -0.1) is 0 Å². The molecule has 0 spiro atoms. The number of carbonyl (C=O) groups is 4. The number of Topliss-reactive ketones (excluding diaryl/α,β-unsaturated/α-hetero) is 1. The molecule has 1 aliphatic rings. The van der Waals surface area contributed by atoms with Crippen LogP contribution in [0.1, 0.15) is 53.3 Å². The highest BCUT2D eigenvalue weighted by molar-refractivity contribution is 6.01. The van der Waals surface area contributed by atoms with Crippen LogP contribution in [0.3, 0.4) is 0 Å². The number of ether oxygens (including phenoxy) is 2. The maximum absolute atomic E-state index is 12.4. The molecule has 7 nitrogen and oxygen atoms in total. The molecular weight excluding hydrogens is 410 g/mol. The molecule has 1 aliphatic heterocycles. The molecule has 0 radical (unpaired) electrons. The van der Waals surface area contributed by atoms with Crippen LogP contribution in [-0.4, -0.2) is 43.4 Å². The number of carbonyl (C=O) groups excluding carboxylic acids is 4. The number of anilines is 1. The second kappa shape index (κ2) is 11.2. The third kappa shape index (κ3) is 6.03. The molecule has 1 heterocycles. The molecule has 7 heteroatoms. The minimum Gasteiger partial charge on any atom is -0.462 e. The predicted molar refractivity (Wildman–Crippen MR) is 118 cm³/mol. The summed E-state index contributed by atoms with van der Waals surface area (Å²) >= 11 is 0. The fourth-order valence-electron chi connectivity index (χ4n) is 3.45. The summed E-state index contributed by atoms with van der Waals surface area (Å²) in [5.41, 5.74) is 1.47. The number of hydrogen-bond acceptors (Lipinski definition) is 6. The zero-order chi connectivity index (χ0) is 22.9. The maximum atomic E-state index is 12.4. The van der Waals surface area contributed by atoms with Crippen molar-refractivity contribution in [2.45, 2.75) is 32.6 Å². The number of ketones is 1. The smallest absolute Gasteiger partial charge is 0.338 e. The van der Waals surface area contributed by atoms with E-state index in [1.165, 1.54) is 4.90 Å². The lowest BCUT2D eigenvalue weighted by Crippen LogP contribution is -2.27. The van der Waals surface area contributed by atoms with Crippen molar-refractivity contribution in [1.82, 2.24) is 0 Å². The Bertz CT molecular complexity index is 954. The van der Waals surface area contributed by atoms with Crippen LogP contribution in [0, 0.1) is 5.92 Å². The van der Waals surface area contributed by atoms with Crippen LogP contribution >= 0.6 is 0 Å². The maximum Gasteiger partial charge on any atom is 0.338 e. The zero-order valence-electron chi connectivity index (χ0n) is 18.1. The minimum atomic E-state index is -0.644. The summed E-state index contributed by atoms with van der Waals surface area (Å²) in [4.78, 5) is 50.5. The van der Waals surface area contributed by atoms with Crippen LogP contribution in [0.25, 0.3) is 0 Å². The Hall–Kier alpha value is -3.48. The zero-order valence-corrected chi connectivity index (χ0v) is 18.1. The van der Waals surface area contributed by atoms with Crippen molar-refractivity contribution in [3.8, 4) is 0 Å². The molecule has 2 aromatic rings. The third-order valence-corrected chi connectivity index (χ3v) is 5.30. The molecule has 168 valence electrons. The van der Waals surface area contributed by atoms with E-state index < -0.39 is 17.9 Å². The topological polar surface area (TPSA) is 90.0 Å². The molecule has 1 atom stereocenters. The van der Waals surface area contributed by atoms with Gasteiger partial charge in [-0.3, -0.25) is 14.4 Å². The Labute approximate surface area is 187 Å². The van der Waals surface area contributed by atoms with Crippen molar-refractivity contribution in [3.05, 3.63) is 65.7 Å². The van der Waals surface area contributed by atoms with E-state index in [4.69, 9.17) is 9.47 Å². The van der Waals surface area contributed by atoms with Gasteiger partial charge >= 0.3 is 11.9 Å². The van der Waals surface area contributed by atoms with E-state index in [9.17, 15) is 19.2 Å². The molecule has 0 saturated carbocycles. The third-order valence-electron chi connectivity index (χ3n) is 5.30. The monoisotopic (exact) mass is 437 g/mol. The van der Waals surface area contributed by atoms with Gasteiger partial charge in [-0.25, -0.2) is 4.79 Å². The lowest BCUT2D eigenvalue weighted by Gasteiger charge is -2.17. The lowest BCUT2D eigenvalue weighted by atomic mass is 10.1. The number of esters is 2. The molecule has 2 aromatic carbocycles. The van der Waals surface area contributed by atoms with Gasteiger partial charge in [0.25, 0.3) is 0 Å². The molecule has 0 aromatic heterocycles. The second-order valence-electron chi connectivity index (χ2n) is 7.69. The molecule has 0 bridgehead atoms. The number of benzene rings is 2. The number of rotatable bonds is 10. The van der Waals surface area contributed by atoms with Crippen LogP contribution < -0.4 is 4.90 Å². The van der Waals surface area contributed by atoms with Crippen LogP contribution in [0.15, 0.2) is 54.6 Å². The normalized spacial score (nSPS) is 15.5. The largest absolute Gasteiger partial charge is 0.462 e. The van der Waals surface area contributed by atoms with Crippen molar-refractivity contribution in [2.24, 2.45) is 5.92 Å². The fraction of sp³-hybridized carbons (Fsp3) is 0.360. The van der Waals surface area contributed by atoms with Gasteiger partial charge in [-0.05, 0) is 30.7 Å². The van der Waals surface area contributed by atoms with E-state index >= 15 is 0 Å². The van der Waals surface area contributed by atoms with Gasteiger partial charge in [0, 0.05) is 24.2 Å². The standard InChI is InChI=1S/C25H27NO6/c1-2-3-7-14-31-24(29)19-10-12-21(13-11-19)26-16-20(15-23(26)28)25(30)32-17-22(27)18-8-5-4-6-9-18/h4-6,8-13,20H,2-3,7,14-17H2,1H3/t20-/m1/s1. The summed E-state index contributed by atoms with van der Waals surface area (Å²) in [7, 11) is 0. The second-order valence-corrected chi connectivity index (χ2v) is 7.69. The average molecular weight is 437 g/mol. The van der Waals surface area contributed by atoms with Crippen LogP contribution in [0.4, 0.5) is 5.69 Å². The lowest BCUT2D eigenvalue weighted by molar-refractivity contribution is -0.147. The Morgan fingerprint density at radius 3 is 2.34 bits per heavy atom. The van der Waals surface area contributed by atoms with Gasteiger partial charge in [0.2, 0.25) is 5.91 Å². The minimum absolute atomic E-state index is 0.0135. The van der Waals surface area contributed by atoms with Gasteiger partial charge < -0.3 is 14.4 Å². The Kier molecular flexibility index (Phi) is 8.14. The van der Waals surface area contributed by atoms with Gasteiger partial charge in [-0.2, -0.15) is 0 Å². The predicted octanol–water partition coefficient (Wildman–Crippen LogP) is 3.81. The summed E-state index contributed by atoms with van der Waals surface area (Å²) in [5.74, 6) is -2.12. The summed E-state index contributed by atoms with van der Waals surface area (Å²) in [6.07, 6.45) is 2.90. The number of hydrogen-bond donors (Lipinski definition) is 0. The molecular formula is C25H27NO6. The molecule has 0 unspecified atom stereocenters. The van der Waals surface area contributed by atoms with Crippen molar-refractivity contribution >= 4 is 29.3 Å². The highest BCUT2D eigenvalue weighted by atomic mass is 16.5. The highest BCUT2D eigenvalue weighted by Gasteiger charge is 2.36. The van der Waals surface area contributed by atoms with E-state index in [2.05, 4.69) is 6.92 Å². The SMILES string of the molecule is CCCCCOC(=O)c1ccc(N2C[C@H](C(=O)OCC(=O)c3ccccc3)CC2=O)cc1. The van der Waals surface area contributed by atoms with Crippen molar-refractivity contribution in [2.75, 3.05) is 24.7 Å². The van der Waals surface area contributed by atoms with E-state index in [1.807, 2.05) is 0 Å². The van der Waals surface area contributed by atoms with Gasteiger partial charge in [0.15, 0.2) is 12.4 Å². The van der Waals surface area contributed by atoms with Crippen molar-refractivity contribution in [1.29, 1.82) is 0 Å². The molecule has 32 heavy (non-hydrogen) atoms. The molecule has 1 saturated heterocycles. The summed E-state index contributed by atoms with van der Waals surface area (Å²) in [6.45, 7) is 2.27. The molecule has 1 amide bonds. The van der Waals surface area contributed by atoms with Gasteiger partial charge in [0.05, 0.1) is 18.1 Å². The van der Waals surface area contributed by atoms with Crippen LogP contribution in [0.2, 0.25) is 0 Å². The average Bonchev–Trinajstić information content (AvgIpc) is 3.22. The first-order valence-corrected chi connectivity index (χ1v) is 10.8. The van der Waals surface area contributed by atoms with Gasteiger partial charge in [-0.1, -0.05) is 50.1 Å². The van der Waals surface area contributed by atoms with E-state index in [0.29, 0.717) is 23.4 Å². The highest BCUT2D eigenvalue weighted by Crippen LogP contribution is 2.26. The van der Waals surface area contributed by atoms with Crippen LogP contribution in [0.5, 0.6) is 0 Å². The first kappa shape index (κ1) is 23.2. The van der Waals surface area contributed by atoms with E-state index in [-0.39, 0.29) is 31.3 Å². The number of nitrogens with zero attached hydrogens (tertiary/aromatic N) is 1. The first-order valence-electron chi connectivity index (χ1n) is 10.8. The van der Waals surface area contributed by atoms with Gasteiger partial charge in [0.1, 0.15) is 0 Å². The Morgan fingerprint density at radius 1 is 0.938 bits per heavy atom. The molecule has 1 fully saturated rings. The summed E-state index contributed by atoms with van der Waals surface area (Å²) < 4.78 is 10.4. The molecule has 0 aliphatic carbocycles. The quantitative estimate of drug-likeness (QED) is 0.319. The Balaban J connectivity index is 1.52. The molecule has 3 rings (SSSR count). The van der Waals surface area contributed by atoms with Crippen molar-refractivity contribution in [3.63, 3.8) is 0 Å². The number of unbranched alkanes of at least 4 members (excludes halogenated alkanes) is 2. The summed E-state index contributed by atoms with van der Waals surface area (Å²) in [6, 6.07) is 15.1. The van der Waals surface area contributed by atoms with Crippen LogP contribution in [-0.2, 0) is 19.1 Å². The van der Waals surface area contributed by atoms with E-state index in [0.717, 1.165) is 19.3 Å². The first-order chi connectivity index (χ1) is 15.5. The van der Waals surface area contributed by atoms with Crippen molar-refractivity contribution < 1.29 is 28.7 Å². The Morgan fingerprint density at radius 2 is 1.66 bits per heavy atom. The summed E-state index contributed by atoms with van der Waals surface area (Å²) in [5, 5.41) is 0. The van der Waals surface area contributed by atoms with E-state index in [1.54, 1.807) is 54.6 Å². The fourth-order valence-corrected chi connectivity index (χ4v) is 3.45.